The third kappa shape index (κ3) is 7.49. The molecule has 1 aromatic heterocycles. The van der Waals surface area contributed by atoms with Gasteiger partial charge in [0.05, 0.1) is 0 Å². The SMILES string of the molecule is ClCc1[c-]nccc1.[CH3-].[V].[Y]. The van der Waals surface area contributed by atoms with Crippen molar-refractivity contribution >= 4 is 11.6 Å². The summed E-state index contributed by atoms with van der Waals surface area (Å²) in [7, 11) is 0. The van der Waals surface area contributed by atoms with E-state index in [2.05, 4.69) is 11.2 Å². The summed E-state index contributed by atoms with van der Waals surface area (Å²) in [6, 6.07) is 3.73. The molecule has 1 aromatic rings. The molecule has 58 valence electrons. The summed E-state index contributed by atoms with van der Waals surface area (Å²) < 4.78 is 0. The maximum Gasteiger partial charge on any atom is 0.0263 e. The summed E-state index contributed by atoms with van der Waals surface area (Å²) >= 11 is 5.46. The minimum absolute atomic E-state index is 0. The van der Waals surface area contributed by atoms with Crippen LogP contribution >= 0.6 is 11.6 Å². The predicted molar refractivity (Wildman–Crippen MR) is 39.0 cm³/mol. The molecule has 0 aromatic carbocycles. The number of rotatable bonds is 1. The molecule has 0 N–H and O–H groups in total. The second kappa shape index (κ2) is 11.1. The van der Waals surface area contributed by atoms with E-state index < -0.39 is 0 Å². The van der Waals surface area contributed by atoms with Crippen molar-refractivity contribution in [3.63, 3.8) is 0 Å². The van der Waals surface area contributed by atoms with Gasteiger partial charge < -0.3 is 12.4 Å². The molecule has 11 heavy (non-hydrogen) atoms. The number of pyridine rings is 1. The quantitative estimate of drug-likeness (QED) is 0.567. The molecule has 2 radical (unpaired) electrons. The monoisotopic (exact) mass is 281 g/mol. The van der Waals surface area contributed by atoms with Crippen LogP contribution in [0.2, 0.25) is 0 Å². The molecule has 1 nitrogen and oxygen atoms in total. The first-order chi connectivity index (χ1) is 3.93. The van der Waals surface area contributed by atoms with Gasteiger partial charge in [-0.25, -0.2) is 0 Å². The van der Waals surface area contributed by atoms with Crippen LogP contribution in [0.3, 0.4) is 0 Å². The van der Waals surface area contributed by atoms with Gasteiger partial charge in [0, 0.05) is 57.1 Å². The van der Waals surface area contributed by atoms with Gasteiger partial charge in [0.15, 0.2) is 0 Å². The van der Waals surface area contributed by atoms with E-state index in [9.17, 15) is 0 Å². The van der Waals surface area contributed by atoms with Crippen LogP contribution < -0.4 is 0 Å². The van der Waals surface area contributed by atoms with E-state index in [0.29, 0.717) is 5.88 Å². The molecular formula is C7H8ClNVY-2. The summed E-state index contributed by atoms with van der Waals surface area (Å²) in [4.78, 5) is 3.75. The van der Waals surface area contributed by atoms with Crippen molar-refractivity contribution in [2.45, 2.75) is 5.88 Å². The normalized spacial score (nSPS) is 6.64. The van der Waals surface area contributed by atoms with Gasteiger partial charge in [-0.3, -0.25) is 0 Å². The largest absolute Gasteiger partial charge is 0.394 e. The maximum absolute atomic E-state index is 5.46. The molecule has 0 aliphatic heterocycles. The molecule has 0 unspecified atom stereocenters. The Balaban J connectivity index is -0.000000213. The van der Waals surface area contributed by atoms with Crippen LogP contribution in [0.15, 0.2) is 18.3 Å². The molecule has 0 aliphatic rings. The van der Waals surface area contributed by atoms with E-state index in [-0.39, 0.29) is 58.7 Å². The average Bonchev–Trinajstić information content (AvgIpc) is 1.90. The molecule has 0 saturated heterocycles. The third-order valence-electron chi connectivity index (χ3n) is 0.810. The van der Waals surface area contributed by atoms with E-state index in [4.69, 9.17) is 11.6 Å². The average molecular weight is 281 g/mol. The Hall–Kier alpha value is 1.13. The Kier molecular flexibility index (Phi) is 18.2. The summed E-state index contributed by atoms with van der Waals surface area (Å²) in [5, 5.41) is 0. The fraction of sp³-hybridized carbons (Fsp3) is 0.143. The van der Waals surface area contributed by atoms with Crippen molar-refractivity contribution in [2.75, 3.05) is 0 Å². The molecule has 0 fully saturated rings. The summed E-state index contributed by atoms with van der Waals surface area (Å²) in [5.41, 5.74) is 0.939. The fourth-order valence-electron chi connectivity index (χ4n) is 0.434. The number of hydrogen-bond acceptors (Lipinski definition) is 1. The molecule has 0 amide bonds. The van der Waals surface area contributed by atoms with Gasteiger partial charge in [0.1, 0.15) is 0 Å². The van der Waals surface area contributed by atoms with Crippen LogP contribution in [0.4, 0.5) is 0 Å². The summed E-state index contributed by atoms with van der Waals surface area (Å²) in [5.74, 6) is 0.494. The van der Waals surface area contributed by atoms with Crippen molar-refractivity contribution in [3.8, 4) is 0 Å². The second-order valence-electron chi connectivity index (χ2n) is 1.41. The first-order valence-electron chi connectivity index (χ1n) is 2.31. The topological polar surface area (TPSA) is 12.9 Å². The molecule has 0 saturated carbocycles. The van der Waals surface area contributed by atoms with Crippen LogP contribution in [0.25, 0.3) is 0 Å². The number of hydrogen-bond donors (Lipinski definition) is 0. The van der Waals surface area contributed by atoms with Gasteiger partial charge in [0.25, 0.3) is 0 Å². The first kappa shape index (κ1) is 18.0. The van der Waals surface area contributed by atoms with Crippen LogP contribution in [0, 0.1) is 13.6 Å². The molecule has 0 atom stereocenters. The summed E-state index contributed by atoms with van der Waals surface area (Å²) in [6.07, 6.45) is 4.41. The summed E-state index contributed by atoms with van der Waals surface area (Å²) in [6.45, 7) is 0. The molecular weight excluding hydrogens is 273 g/mol. The zero-order valence-electron chi connectivity index (χ0n) is 6.29. The van der Waals surface area contributed by atoms with E-state index >= 15 is 0 Å². The Bertz CT molecular complexity index is 160. The minimum atomic E-state index is 0. The number of alkyl halides is 1. The van der Waals surface area contributed by atoms with Gasteiger partial charge in [-0.15, -0.1) is 17.2 Å². The molecule has 1 heterocycles. The van der Waals surface area contributed by atoms with E-state index in [1.807, 2.05) is 12.1 Å². The number of halogens is 1. The predicted octanol–water partition coefficient (Wildman–Crippen LogP) is 2.07. The zero-order chi connectivity index (χ0) is 5.82. The number of nitrogens with zero attached hydrogens (tertiary/aromatic N) is 1. The Labute approximate surface area is 110 Å². The van der Waals surface area contributed by atoms with Gasteiger partial charge >= 0.3 is 0 Å². The van der Waals surface area contributed by atoms with Crippen LogP contribution in [0.5, 0.6) is 0 Å². The standard InChI is InChI=1S/C6H5ClN.CH3.V.Y/c7-4-6-2-1-3-8-5-6;;;/h1-3H,4H2;1H3;;/q2*-1;;. The Morgan fingerprint density at radius 1 is 1.55 bits per heavy atom. The van der Waals surface area contributed by atoms with E-state index in [1.165, 1.54) is 0 Å². The van der Waals surface area contributed by atoms with Crippen molar-refractivity contribution < 1.29 is 51.3 Å². The minimum Gasteiger partial charge on any atom is -0.394 e. The van der Waals surface area contributed by atoms with Crippen molar-refractivity contribution in [3.05, 3.63) is 37.5 Å². The third-order valence-corrected chi connectivity index (χ3v) is 1.10. The molecule has 4 heteroatoms. The smallest absolute Gasteiger partial charge is 0.0263 e. The van der Waals surface area contributed by atoms with Gasteiger partial charge in [-0.2, -0.15) is 12.1 Å². The van der Waals surface area contributed by atoms with Crippen LogP contribution in [-0.2, 0) is 57.1 Å². The molecule has 0 bridgehead atoms. The fourth-order valence-corrected chi connectivity index (χ4v) is 0.583. The van der Waals surface area contributed by atoms with Crippen LogP contribution in [0.1, 0.15) is 5.56 Å². The van der Waals surface area contributed by atoms with Crippen molar-refractivity contribution in [2.24, 2.45) is 0 Å². The Morgan fingerprint density at radius 3 is 2.45 bits per heavy atom. The maximum atomic E-state index is 5.46. The molecule has 0 spiro atoms. The van der Waals surface area contributed by atoms with E-state index in [1.54, 1.807) is 6.20 Å². The molecule has 1 rings (SSSR count). The first-order valence-corrected chi connectivity index (χ1v) is 2.84. The van der Waals surface area contributed by atoms with Crippen molar-refractivity contribution in [1.82, 2.24) is 4.98 Å². The van der Waals surface area contributed by atoms with Crippen molar-refractivity contribution in [1.29, 1.82) is 0 Å². The van der Waals surface area contributed by atoms with Gasteiger partial charge in [-0.1, -0.05) is 12.4 Å². The van der Waals surface area contributed by atoms with Gasteiger partial charge in [-0.05, 0) is 0 Å². The molecule has 0 aliphatic carbocycles. The van der Waals surface area contributed by atoms with Gasteiger partial charge in [0.2, 0.25) is 0 Å². The van der Waals surface area contributed by atoms with Crippen LogP contribution in [-0.4, -0.2) is 4.98 Å². The number of aromatic nitrogens is 1. The second-order valence-corrected chi connectivity index (χ2v) is 1.68. The van der Waals surface area contributed by atoms with E-state index in [0.717, 1.165) is 5.56 Å². The zero-order valence-corrected chi connectivity index (χ0v) is 11.3. The Morgan fingerprint density at radius 2 is 2.18 bits per heavy atom.